The van der Waals surface area contributed by atoms with E-state index in [9.17, 15) is 23.8 Å². The van der Waals surface area contributed by atoms with Gasteiger partial charge in [0.25, 0.3) is 0 Å². The number of rotatable bonds is 11. The fraction of sp³-hybridized carbons (Fsp3) is 0.581. The van der Waals surface area contributed by atoms with E-state index >= 15 is 0 Å². The number of aliphatic hydroxyl groups is 2. The SMILES string of the molecule is CCc1cccc(CNC[C@@H](O)[C@H](Cc2cc(F)cc(F)c2)NC(=O)C[C@H]2C3CC[C@@](C)(C2O)C3(C)C)c1. The summed E-state index contributed by atoms with van der Waals surface area (Å²) in [6.45, 7) is 9.30. The molecule has 2 aromatic rings. The highest BCUT2D eigenvalue weighted by molar-refractivity contribution is 5.77. The second-order valence-corrected chi connectivity index (χ2v) is 12.1. The summed E-state index contributed by atoms with van der Waals surface area (Å²) in [5, 5.41) is 28.3. The van der Waals surface area contributed by atoms with Crippen LogP contribution in [0.3, 0.4) is 0 Å². The largest absolute Gasteiger partial charge is 0.392 e. The van der Waals surface area contributed by atoms with Gasteiger partial charge in [-0.15, -0.1) is 0 Å². The second-order valence-electron chi connectivity index (χ2n) is 12.1. The number of amides is 1. The van der Waals surface area contributed by atoms with Crippen LogP contribution in [-0.4, -0.2) is 40.9 Å². The standard InChI is InChI=1S/C31H42F2N2O3/c1-5-19-7-6-8-20(11-19)17-34-18-27(36)26(14-21-12-22(32)15-23(33)13-21)35-28(37)16-24-25-9-10-31(4,29(24)38)30(25,2)3/h6-8,11-13,15,24-27,29,34,36,38H,5,9-10,14,16-18H2,1-4H3,(H,35,37)/t24-,25?,26-,27+,29?,31-/m0/s1. The van der Waals surface area contributed by atoms with Gasteiger partial charge in [0.1, 0.15) is 11.6 Å². The van der Waals surface area contributed by atoms with E-state index in [1.54, 1.807) is 0 Å². The fourth-order valence-electron chi connectivity index (χ4n) is 7.00. The van der Waals surface area contributed by atoms with Gasteiger partial charge >= 0.3 is 0 Å². The number of halogens is 2. The Hall–Kier alpha value is -2.35. The number of hydrogen-bond acceptors (Lipinski definition) is 4. The molecule has 6 atom stereocenters. The maximum absolute atomic E-state index is 13.9. The highest BCUT2D eigenvalue weighted by atomic mass is 19.1. The van der Waals surface area contributed by atoms with Gasteiger partial charge < -0.3 is 20.8 Å². The van der Waals surface area contributed by atoms with Crippen LogP contribution in [0.1, 0.15) is 63.6 Å². The van der Waals surface area contributed by atoms with Crippen molar-refractivity contribution in [1.82, 2.24) is 10.6 Å². The minimum atomic E-state index is -0.987. The monoisotopic (exact) mass is 528 g/mol. The average molecular weight is 529 g/mol. The minimum absolute atomic E-state index is 0.0611. The van der Waals surface area contributed by atoms with Crippen molar-refractivity contribution in [2.24, 2.45) is 22.7 Å². The molecule has 208 valence electrons. The summed E-state index contributed by atoms with van der Waals surface area (Å²) in [6, 6.07) is 10.7. The molecule has 0 aromatic heterocycles. The smallest absolute Gasteiger partial charge is 0.220 e. The zero-order valence-corrected chi connectivity index (χ0v) is 22.9. The molecule has 2 aromatic carbocycles. The molecule has 5 nitrogen and oxygen atoms in total. The Morgan fingerprint density at radius 3 is 2.39 bits per heavy atom. The lowest BCUT2D eigenvalue weighted by molar-refractivity contribution is -0.125. The maximum atomic E-state index is 13.9. The molecule has 0 radical (unpaired) electrons. The Bertz CT molecular complexity index is 1120. The molecule has 0 saturated heterocycles. The Labute approximate surface area is 225 Å². The number of carbonyl (C=O) groups excluding carboxylic acids is 1. The Kier molecular flexibility index (Phi) is 8.60. The van der Waals surface area contributed by atoms with E-state index in [1.165, 1.54) is 17.7 Å². The van der Waals surface area contributed by atoms with Crippen molar-refractivity contribution >= 4 is 5.91 Å². The molecule has 0 heterocycles. The third-order valence-electron chi connectivity index (χ3n) is 9.64. The first-order valence-electron chi connectivity index (χ1n) is 13.8. The predicted octanol–water partition coefficient (Wildman–Crippen LogP) is 4.53. The van der Waals surface area contributed by atoms with E-state index < -0.39 is 29.9 Å². The zero-order valence-electron chi connectivity index (χ0n) is 22.9. The summed E-state index contributed by atoms with van der Waals surface area (Å²) in [5.74, 6) is -1.58. The average Bonchev–Trinajstić information content (AvgIpc) is 3.16. The molecular formula is C31H42F2N2O3. The molecule has 38 heavy (non-hydrogen) atoms. The molecule has 7 heteroatoms. The number of nitrogens with one attached hydrogen (secondary N) is 2. The van der Waals surface area contributed by atoms with Crippen LogP contribution in [-0.2, 0) is 24.2 Å². The predicted molar refractivity (Wildman–Crippen MR) is 144 cm³/mol. The number of benzene rings is 2. The summed E-state index contributed by atoms with van der Waals surface area (Å²) >= 11 is 0. The van der Waals surface area contributed by atoms with Crippen molar-refractivity contribution in [1.29, 1.82) is 0 Å². The minimum Gasteiger partial charge on any atom is -0.392 e. The van der Waals surface area contributed by atoms with Gasteiger partial charge in [-0.2, -0.15) is 0 Å². The van der Waals surface area contributed by atoms with Crippen molar-refractivity contribution in [3.8, 4) is 0 Å². The number of aryl methyl sites for hydroxylation is 1. The van der Waals surface area contributed by atoms with Gasteiger partial charge in [-0.3, -0.25) is 4.79 Å². The first-order valence-corrected chi connectivity index (χ1v) is 13.8. The fourth-order valence-corrected chi connectivity index (χ4v) is 7.00. The van der Waals surface area contributed by atoms with E-state index in [1.807, 2.05) is 12.1 Å². The van der Waals surface area contributed by atoms with Gasteiger partial charge in [0.2, 0.25) is 5.91 Å². The molecular weight excluding hydrogens is 486 g/mol. The third-order valence-corrected chi connectivity index (χ3v) is 9.64. The Balaban J connectivity index is 1.43. The van der Waals surface area contributed by atoms with Crippen molar-refractivity contribution < 1.29 is 23.8 Å². The highest BCUT2D eigenvalue weighted by Crippen LogP contribution is 2.68. The van der Waals surface area contributed by atoms with Gasteiger partial charge in [0.05, 0.1) is 18.2 Å². The quantitative estimate of drug-likeness (QED) is 0.346. The van der Waals surface area contributed by atoms with Gasteiger partial charge in [-0.05, 0) is 77.2 Å². The molecule has 1 amide bonds. The molecule has 0 spiro atoms. The van der Waals surface area contributed by atoms with E-state index in [4.69, 9.17) is 0 Å². The summed E-state index contributed by atoms with van der Waals surface area (Å²) in [5.41, 5.74) is 2.39. The normalized spacial score (nSPS) is 27.3. The van der Waals surface area contributed by atoms with E-state index in [0.717, 1.165) is 30.9 Å². The van der Waals surface area contributed by atoms with Gasteiger partial charge in [-0.1, -0.05) is 52.0 Å². The molecule has 2 unspecified atom stereocenters. The van der Waals surface area contributed by atoms with E-state index in [-0.39, 0.29) is 48.0 Å². The first kappa shape index (κ1) is 28.7. The first-order chi connectivity index (χ1) is 17.9. The molecule has 2 bridgehead atoms. The number of fused-ring (bicyclic) bond motifs is 2. The van der Waals surface area contributed by atoms with Crippen LogP contribution in [0.4, 0.5) is 8.78 Å². The van der Waals surface area contributed by atoms with Crippen LogP contribution in [0.15, 0.2) is 42.5 Å². The van der Waals surface area contributed by atoms with E-state index in [2.05, 4.69) is 50.5 Å². The number of aliphatic hydroxyl groups excluding tert-OH is 2. The van der Waals surface area contributed by atoms with Crippen LogP contribution in [0.25, 0.3) is 0 Å². The lowest BCUT2D eigenvalue weighted by Crippen LogP contribution is -2.49. The van der Waals surface area contributed by atoms with E-state index in [0.29, 0.717) is 12.1 Å². The molecule has 4 N–H and O–H groups in total. The molecule has 2 fully saturated rings. The van der Waals surface area contributed by atoms with Crippen LogP contribution in [0.5, 0.6) is 0 Å². The highest BCUT2D eigenvalue weighted by Gasteiger charge is 2.65. The summed E-state index contributed by atoms with van der Waals surface area (Å²) < 4.78 is 27.7. The van der Waals surface area contributed by atoms with Gasteiger partial charge in [-0.25, -0.2) is 8.78 Å². The lowest BCUT2D eigenvalue weighted by Gasteiger charge is -2.37. The van der Waals surface area contributed by atoms with Crippen LogP contribution >= 0.6 is 0 Å². The molecule has 4 rings (SSSR count). The summed E-state index contributed by atoms with van der Waals surface area (Å²) in [7, 11) is 0. The topological polar surface area (TPSA) is 81.6 Å². The molecule has 2 aliphatic carbocycles. The van der Waals surface area contributed by atoms with Gasteiger partial charge in [0, 0.05) is 25.6 Å². The molecule has 0 aliphatic heterocycles. The maximum Gasteiger partial charge on any atom is 0.220 e. The van der Waals surface area contributed by atoms with Crippen LogP contribution in [0, 0.1) is 34.3 Å². The van der Waals surface area contributed by atoms with Crippen molar-refractivity contribution in [2.75, 3.05) is 6.54 Å². The Morgan fingerprint density at radius 2 is 1.76 bits per heavy atom. The van der Waals surface area contributed by atoms with Crippen LogP contribution < -0.4 is 10.6 Å². The Morgan fingerprint density at radius 1 is 1.08 bits per heavy atom. The summed E-state index contributed by atoms with van der Waals surface area (Å²) in [6.07, 6.45) is 1.54. The van der Waals surface area contributed by atoms with Crippen molar-refractivity contribution in [3.63, 3.8) is 0 Å². The third kappa shape index (κ3) is 5.80. The van der Waals surface area contributed by atoms with Crippen molar-refractivity contribution in [2.45, 2.75) is 84.6 Å². The van der Waals surface area contributed by atoms with Crippen LogP contribution in [0.2, 0.25) is 0 Å². The van der Waals surface area contributed by atoms with Gasteiger partial charge in [0.15, 0.2) is 0 Å². The molecule has 2 saturated carbocycles. The number of carbonyl (C=O) groups is 1. The molecule has 2 aliphatic rings. The van der Waals surface area contributed by atoms with Crippen molar-refractivity contribution in [3.05, 3.63) is 70.8 Å². The number of hydrogen-bond donors (Lipinski definition) is 4. The zero-order chi connectivity index (χ0) is 27.7. The lowest BCUT2D eigenvalue weighted by atomic mass is 9.70. The summed E-state index contributed by atoms with van der Waals surface area (Å²) in [4.78, 5) is 13.2. The second kappa shape index (κ2) is 11.4.